The molecular weight excluding hydrogens is 409 g/mol. The van der Waals surface area contributed by atoms with E-state index in [1.807, 2.05) is 38.1 Å². The van der Waals surface area contributed by atoms with Crippen LogP contribution in [0.15, 0.2) is 54.2 Å². The van der Waals surface area contributed by atoms with Crippen molar-refractivity contribution in [2.75, 3.05) is 36.5 Å². The first-order chi connectivity index (χ1) is 15.3. The van der Waals surface area contributed by atoms with Gasteiger partial charge in [-0.2, -0.15) is 0 Å². The highest BCUT2D eigenvalue weighted by atomic mass is 19.1. The molecule has 0 saturated carbocycles. The minimum atomic E-state index is -0.422. The predicted octanol–water partition coefficient (Wildman–Crippen LogP) is 4.29. The maximum atomic E-state index is 13.5. The van der Waals surface area contributed by atoms with Crippen LogP contribution < -0.4 is 10.2 Å². The van der Waals surface area contributed by atoms with Crippen molar-refractivity contribution in [2.24, 2.45) is 0 Å². The second-order valence-corrected chi connectivity index (χ2v) is 7.78. The summed E-state index contributed by atoms with van der Waals surface area (Å²) in [6.45, 7) is 10.2. The first-order valence-corrected chi connectivity index (χ1v) is 11.0. The van der Waals surface area contributed by atoms with E-state index in [1.54, 1.807) is 0 Å². The zero-order chi connectivity index (χ0) is 23.3. The van der Waals surface area contributed by atoms with Crippen LogP contribution in [0.2, 0.25) is 0 Å². The normalized spacial score (nSPS) is 14.0. The van der Waals surface area contributed by atoms with Gasteiger partial charge in [0.05, 0.1) is 24.8 Å². The van der Waals surface area contributed by atoms with Gasteiger partial charge in [0, 0.05) is 24.5 Å². The lowest BCUT2D eigenvalue weighted by atomic mass is 10.0. The van der Waals surface area contributed by atoms with Gasteiger partial charge in [0.25, 0.3) is 11.8 Å². The smallest absolute Gasteiger partial charge is 0.278 e. The van der Waals surface area contributed by atoms with Crippen molar-refractivity contribution in [1.82, 2.24) is 4.90 Å². The van der Waals surface area contributed by atoms with Gasteiger partial charge in [-0.3, -0.25) is 14.5 Å². The van der Waals surface area contributed by atoms with Gasteiger partial charge in [-0.25, -0.2) is 4.39 Å². The summed E-state index contributed by atoms with van der Waals surface area (Å²) >= 11 is 0. The number of carbonyl (C=O) groups excluding carboxylic acids is 2. The Hall–Kier alpha value is -3.19. The molecule has 0 atom stereocenters. The third-order valence-electron chi connectivity index (χ3n) is 5.33. The molecule has 0 aromatic heterocycles. The molecule has 3 rings (SSSR count). The van der Waals surface area contributed by atoms with Gasteiger partial charge in [0.15, 0.2) is 0 Å². The van der Waals surface area contributed by atoms with Crippen molar-refractivity contribution in [1.29, 1.82) is 0 Å². The van der Waals surface area contributed by atoms with E-state index in [0.29, 0.717) is 11.3 Å². The maximum absolute atomic E-state index is 13.5. The van der Waals surface area contributed by atoms with Crippen molar-refractivity contribution >= 4 is 28.8 Å². The third-order valence-corrected chi connectivity index (χ3v) is 5.33. The largest absolute Gasteiger partial charge is 0.377 e. The number of carbonyl (C=O) groups is 2. The SMILES string of the molecule is CCN(CC)c1ccc(NC2=C(c3ccc(F)cc3)C(=O)N(CCOC(C)C)C2=O)cc1. The minimum absolute atomic E-state index is 0.00532. The fraction of sp³-hybridized carbons (Fsp3) is 0.360. The molecule has 0 saturated heterocycles. The molecule has 170 valence electrons. The van der Waals surface area contributed by atoms with Crippen LogP contribution in [0.3, 0.4) is 0 Å². The van der Waals surface area contributed by atoms with E-state index >= 15 is 0 Å². The van der Waals surface area contributed by atoms with Crippen LogP contribution in [-0.2, 0) is 14.3 Å². The summed E-state index contributed by atoms with van der Waals surface area (Å²) in [5.41, 5.74) is 2.67. The van der Waals surface area contributed by atoms with E-state index in [4.69, 9.17) is 4.74 Å². The van der Waals surface area contributed by atoms with Crippen molar-refractivity contribution in [2.45, 2.75) is 33.8 Å². The van der Waals surface area contributed by atoms with Gasteiger partial charge in [0.1, 0.15) is 11.5 Å². The third kappa shape index (κ3) is 5.16. The highest BCUT2D eigenvalue weighted by molar-refractivity contribution is 6.36. The van der Waals surface area contributed by atoms with E-state index in [9.17, 15) is 14.0 Å². The maximum Gasteiger partial charge on any atom is 0.278 e. The van der Waals surface area contributed by atoms with Crippen molar-refractivity contribution in [3.8, 4) is 0 Å². The average Bonchev–Trinajstić information content (AvgIpc) is 3.00. The monoisotopic (exact) mass is 439 g/mol. The van der Waals surface area contributed by atoms with E-state index in [2.05, 4.69) is 24.1 Å². The van der Waals surface area contributed by atoms with Gasteiger partial charge < -0.3 is 15.0 Å². The number of halogens is 1. The molecule has 32 heavy (non-hydrogen) atoms. The highest BCUT2D eigenvalue weighted by Crippen LogP contribution is 2.31. The number of ether oxygens (including phenoxy) is 1. The Morgan fingerprint density at radius 1 is 0.969 bits per heavy atom. The molecule has 6 nitrogen and oxygen atoms in total. The fourth-order valence-electron chi connectivity index (χ4n) is 3.65. The van der Waals surface area contributed by atoms with E-state index in [-0.39, 0.29) is 30.5 Å². The summed E-state index contributed by atoms with van der Waals surface area (Å²) < 4.78 is 19.0. The number of benzene rings is 2. The summed E-state index contributed by atoms with van der Waals surface area (Å²) in [7, 11) is 0. The molecule has 7 heteroatoms. The molecule has 1 N–H and O–H groups in total. The zero-order valence-electron chi connectivity index (χ0n) is 19.0. The predicted molar refractivity (Wildman–Crippen MR) is 125 cm³/mol. The summed E-state index contributed by atoms with van der Waals surface area (Å²) in [6, 6.07) is 13.3. The number of imide groups is 1. The fourth-order valence-corrected chi connectivity index (χ4v) is 3.65. The number of anilines is 2. The lowest BCUT2D eigenvalue weighted by molar-refractivity contribution is -0.137. The first kappa shape index (κ1) is 23.5. The van der Waals surface area contributed by atoms with Crippen LogP contribution in [0.25, 0.3) is 5.57 Å². The van der Waals surface area contributed by atoms with Crippen LogP contribution in [0, 0.1) is 5.82 Å². The first-order valence-electron chi connectivity index (χ1n) is 11.0. The van der Waals surface area contributed by atoms with Crippen LogP contribution in [0.5, 0.6) is 0 Å². The molecule has 2 aromatic rings. The van der Waals surface area contributed by atoms with Gasteiger partial charge in [-0.15, -0.1) is 0 Å². The average molecular weight is 440 g/mol. The molecule has 1 aliphatic rings. The lowest BCUT2D eigenvalue weighted by Gasteiger charge is -2.21. The highest BCUT2D eigenvalue weighted by Gasteiger charge is 2.39. The summed E-state index contributed by atoms with van der Waals surface area (Å²) in [6.07, 6.45) is -0.00532. The second kappa shape index (κ2) is 10.4. The van der Waals surface area contributed by atoms with E-state index < -0.39 is 17.6 Å². The number of hydrogen-bond acceptors (Lipinski definition) is 5. The Morgan fingerprint density at radius 2 is 1.59 bits per heavy atom. The molecule has 2 amide bonds. The number of hydrogen-bond donors (Lipinski definition) is 1. The molecule has 1 heterocycles. The Bertz CT molecular complexity index is 980. The molecule has 0 spiro atoms. The van der Waals surface area contributed by atoms with Gasteiger partial charge in [-0.1, -0.05) is 12.1 Å². The van der Waals surface area contributed by atoms with E-state index in [1.165, 1.54) is 29.2 Å². The number of rotatable bonds is 10. The standard InChI is InChI=1S/C25H30FN3O3/c1-5-28(6-2)21-13-11-20(12-14-21)27-23-22(18-7-9-19(26)10-8-18)24(30)29(25(23)31)15-16-32-17(3)4/h7-14,17,27H,5-6,15-16H2,1-4H3. The molecule has 0 unspecified atom stereocenters. The Balaban J connectivity index is 1.91. The number of amides is 2. The molecule has 1 aliphatic heterocycles. The van der Waals surface area contributed by atoms with Gasteiger partial charge in [-0.05, 0) is 69.7 Å². The van der Waals surface area contributed by atoms with Crippen LogP contribution in [-0.4, -0.2) is 49.1 Å². The Kier molecular flexibility index (Phi) is 7.64. The second-order valence-electron chi connectivity index (χ2n) is 7.78. The Morgan fingerprint density at radius 3 is 2.16 bits per heavy atom. The summed E-state index contributed by atoms with van der Waals surface area (Å²) in [5, 5.41) is 3.13. The molecular formula is C25H30FN3O3. The number of nitrogens with zero attached hydrogens (tertiary/aromatic N) is 2. The van der Waals surface area contributed by atoms with Crippen molar-refractivity contribution in [3.63, 3.8) is 0 Å². The molecule has 0 radical (unpaired) electrons. The van der Waals surface area contributed by atoms with Crippen molar-refractivity contribution in [3.05, 3.63) is 65.6 Å². The molecule has 2 aromatic carbocycles. The molecule has 0 bridgehead atoms. The molecule has 0 fully saturated rings. The van der Waals surface area contributed by atoms with Crippen molar-refractivity contribution < 1.29 is 18.7 Å². The van der Waals surface area contributed by atoms with E-state index in [0.717, 1.165) is 18.8 Å². The molecule has 0 aliphatic carbocycles. The van der Waals surface area contributed by atoms with Gasteiger partial charge >= 0.3 is 0 Å². The quantitative estimate of drug-likeness (QED) is 0.560. The zero-order valence-corrected chi connectivity index (χ0v) is 19.0. The van der Waals surface area contributed by atoms with Gasteiger partial charge in [0.2, 0.25) is 0 Å². The Labute approximate surface area is 188 Å². The lowest BCUT2D eigenvalue weighted by Crippen LogP contribution is -2.35. The van der Waals surface area contributed by atoms with Crippen LogP contribution >= 0.6 is 0 Å². The minimum Gasteiger partial charge on any atom is -0.377 e. The van der Waals surface area contributed by atoms with Crippen LogP contribution in [0.1, 0.15) is 33.3 Å². The topological polar surface area (TPSA) is 61.9 Å². The summed E-state index contributed by atoms with van der Waals surface area (Å²) in [5.74, 6) is -1.25. The number of nitrogens with one attached hydrogen (secondary N) is 1. The van der Waals surface area contributed by atoms with Crippen LogP contribution in [0.4, 0.5) is 15.8 Å². The summed E-state index contributed by atoms with van der Waals surface area (Å²) in [4.78, 5) is 29.7.